The lowest BCUT2D eigenvalue weighted by Gasteiger charge is -2.04. The van der Waals surface area contributed by atoms with E-state index in [2.05, 4.69) is 0 Å². The van der Waals surface area contributed by atoms with E-state index in [0.29, 0.717) is 5.56 Å². The number of rotatable bonds is 2. The highest BCUT2D eigenvalue weighted by Crippen LogP contribution is 2.11. The van der Waals surface area contributed by atoms with Gasteiger partial charge >= 0.3 is 0 Å². The molecule has 0 aliphatic heterocycles. The maximum atomic E-state index is 13.2. The summed E-state index contributed by atoms with van der Waals surface area (Å²) in [5, 5.41) is 16.9. The average molecular weight is 189 g/mol. The van der Waals surface area contributed by atoms with Gasteiger partial charge in [0.25, 0.3) is 0 Å². The van der Waals surface area contributed by atoms with Crippen LogP contribution >= 0.6 is 0 Å². The number of nitrogens with two attached hydrogens (primary N) is 1. The molecule has 1 aromatic rings. The van der Waals surface area contributed by atoms with Crippen LogP contribution in [0.25, 0.3) is 0 Å². The monoisotopic (exact) mass is 189 g/mol. The van der Waals surface area contributed by atoms with Gasteiger partial charge in [-0.25, -0.2) is 4.39 Å². The van der Waals surface area contributed by atoms with E-state index < -0.39 is 11.9 Å². The molecule has 2 N–H and O–H groups in total. The van der Waals surface area contributed by atoms with E-state index in [-0.39, 0.29) is 12.0 Å². The van der Waals surface area contributed by atoms with E-state index in [1.54, 1.807) is 0 Å². The maximum Gasteiger partial charge on any atom is 0.127 e. The molecule has 70 valence electrons. The molecule has 0 unspecified atom stereocenters. The van der Waals surface area contributed by atoms with Crippen molar-refractivity contribution in [1.29, 1.82) is 10.5 Å². The molecule has 1 atom stereocenters. The fraction of sp³-hybridized carbons (Fsp3) is 0.200. The normalized spacial score (nSPS) is 11.4. The van der Waals surface area contributed by atoms with Gasteiger partial charge < -0.3 is 5.73 Å². The molecule has 0 radical (unpaired) electrons. The van der Waals surface area contributed by atoms with Crippen molar-refractivity contribution >= 4 is 0 Å². The Morgan fingerprint density at radius 1 is 1.43 bits per heavy atom. The summed E-state index contributed by atoms with van der Waals surface area (Å²) < 4.78 is 13.2. The lowest BCUT2D eigenvalue weighted by atomic mass is 10.1. The Balaban J connectivity index is 2.92. The van der Waals surface area contributed by atoms with Crippen molar-refractivity contribution in [3.8, 4) is 12.1 Å². The first-order valence-electron chi connectivity index (χ1n) is 4.01. The fourth-order valence-corrected chi connectivity index (χ4v) is 1.06. The number of hydrogen-bond acceptors (Lipinski definition) is 3. The molecule has 0 amide bonds. The lowest BCUT2D eigenvalue weighted by Crippen LogP contribution is -2.20. The van der Waals surface area contributed by atoms with Gasteiger partial charge in [-0.2, -0.15) is 10.5 Å². The van der Waals surface area contributed by atoms with Gasteiger partial charge in [-0.1, -0.05) is 6.07 Å². The highest BCUT2D eigenvalue weighted by molar-refractivity contribution is 5.33. The van der Waals surface area contributed by atoms with Crippen LogP contribution in [0.2, 0.25) is 0 Å². The van der Waals surface area contributed by atoms with Crippen molar-refractivity contribution in [3.05, 3.63) is 35.1 Å². The van der Waals surface area contributed by atoms with Crippen LogP contribution in [0.3, 0.4) is 0 Å². The van der Waals surface area contributed by atoms with Crippen LogP contribution in [0.15, 0.2) is 18.2 Å². The second-order valence-electron chi connectivity index (χ2n) is 2.86. The van der Waals surface area contributed by atoms with Crippen LogP contribution < -0.4 is 5.73 Å². The quantitative estimate of drug-likeness (QED) is 0.756. The standard InChI is InChI=1S/C10H8FN3/c11-10-3-7(5-12)1-2-8(10)4-9(14)6-13/h1-3,9H,4,14H2/t9-/m1/s1. The molecule has 0 heterocycles. The van der Waals surface area contributed by atoms with E-state index in [9.17, 15) is 4.39 Å². The third kappa shape index (κ3) is 2.29. The number of halogens is 1. The van der Waals surface area contributed by atoms with Crippen LogP contribution in [-0.2, 0) is 6.42 Å². The molecule has 0 saturated carbocycles. The molecule has 0 aliphatic rings. The summed E-state index contributed by atoms with van der Waals surface area (Å²) in [6.07, 6.45) is 0.161. The Morgan fingerprint density at radius 2 is 2.14 bits per heavy atom. The SMILES string of the molecule is N#Cc1ccc(C[C@@H](N)C#N)c(F)c1. The Labute approximate surface area is 81.2 Å². The van der Waals surface area contributed by atoms with E-state index in [1.807, 2.05) is 12.1 Å². The van der Waals surface area contributed by atoms with Gasteiger partial charge in [0.15, 0.2) is 0 Å². The molecule has 1 rings (SSSR count). The molecule has 3 nitrogen and oxygen atoms in total. The third-order valence-electron chi connectivity index (χ3n) is 1.79. The summed E-state index contributed by atoms with van der Waals surface area (Å²) in [7, 11) is 0. The van der Waals surface area contributed by atoms with E-state index >= 15 is 0 Å². The number of hydrogen-bond donors (Lipinski definition) is 1. The van der Waals surface area contributed by atoms with Crippen LogP contribution in [-0.4, -0.2) is 6.04 Å². The van der Waals surface area contributed by atoms with Crippen LogP contribution in [0, 0.1) is 28.5 Å². The first-order chi connectivity index (χ1) is 6.67. The molecule has 0 aromatic heterocycles. The maximum absolute atomic E-state index is 13.2. The van der Waals surface area contributed by atoms with E-state index in [1.165, 1.54) is 12.1 Å². The van der Waals surface area contributed by atoms with Gasteiger partial charge in [0.1, 0.15) is 5.82 Å². The summed E-state index contributed by atoms with van der Waals surface area (Å²) in [5.41, 5.74) is 5.97. The Kier molecular flexibility index (Phi) is 3.17. The van der Waals surface area contributed by atoms with Crippen molar-refractivity contribution in [1.82, 2.24) is 0 Å². The molecule has 0 bridgehead atoms. The van der Waals surface area contributed by atoms with Gasteiger partial charge in [-0.15, -0.1) is 0 Å². The van der Waals surface area contributed by atoms with Crippen LogP contribution in [0.4, 0.5) is 4.39 Å². The second-order valence-corrected chi connectivity index (χ2v) is 2.86. The Hall–Kier alpha value is -1.91. The third-order valence-corrected chi connectivity index (χ3v) is 1.79. The molecule has 4 heteroatoms. The smallest absolute Gasteiger partial charge is 0.127 e. The average Bonchev–Trinajstić information content (AvgIpc) is 2.20. The van der Waals surface area contributed by atoms with Gasteiger partial charge in [-0.05, 0) is 17.7 Å². The minimum absolute atomic E-state index is 0.161. The number of benzene rings is 1. The van der Waals surface area contributed by atoms with Crippen molar-refractivity contribution < 1.29 is 4.39 Å². The predicted molar refractivity (Wildman–Crippen MR) is 48.4 cm³/mol. The summed E-state index contributed by atoms with van der Waals surface area (Å²) in [5.74, 6) is -0.491. The summed E-state index contributed by atoms with van der Waals surface area (Å²) >= 11 is 0. The van der Waals surface area contributed by atoms with Gasteiger partial charge in [0.2, 0.25) is 0 Å². The van der Waals surface area contributed by atoms with Crippen molar-refractivity contribution in [3.63, 3.8) is 0 Å². The largest absolute Gasteiger partial charge is 0.316 e. The first-order valence-corrected chi connectivity index (χ1v) is 4.01. The lowest BCUT2D eigenvalue weighted by molar-refractivity contribution is 0.603. The highest BCUT2D eigenvalue weighted by Gasteiger charge is 2.07. The van der Waals surface area contributed by atoms with E-state index in [4.69, 9.17) is 16.3 Å². The molecule has 0 aliphatic carbocycles. The second kappa shape index (κ2) is 4.36. The molecule has 0 fully saturated rings. The number of nitriles is 2. The Bertz CT molecular complexity index is 414. The van der Waals surface area contributed by atoms with Gasteiger partial charge in [0, 0.05) is 6.42 Å². The van der Waals surface area contributed by atoms with Gasteiger partial charge in [0.05, 0.1) is 23.7 Å². The predicted octanol–water partition coefficient (Wildman–Crippen LogP) is 1.09. The molecule has 0 saturated heterocycles. The molecule has 0 spiro atoms. The summed E-state index contributed by atoms with van der Waals surface area (Å²) in [6, 6.07) is 7.05. The zero-order valence-electron chi connectivity index (χ0n) is 7.37. The topological polar surface area (TPSA) is 73.6 Å². The van der Waals surface area contributed by atoms with Crippen molar-refractivity contribution in [2.24, 2.45) is 5.73 Å². The Morgan fingerprint density at radius 3 is 2.64 bits per heavy atom. The first kappa shape index (κ1) is 10.2. The molecular formula is C10H8FN3. The zero-order chi connectivity index (χ0) is 10.6. The molecule has 14 heavy (non-hydrogen) atoms. The van der Waals surface area contributed by atoms with Gasteiger partial charge in [-0.3, -0.25) is 0 Å². The summed E-state index contributed by atoms with van der Waals surface area (Å²) in [6.45, 7) is 0. The minimum atomic E-state index is -0.711. The van der Waals surface area contributed by atoms with Crippen LogP contribution in [0.1, 0.15) is 11.1 Å². The minimum Gasteiger partial charge on any atom is -0.316 e. The highest BCUT2D eigenvalue weighted by atomic mass is 19.1. The number of nitrogens with zero attached hydrogens (tertiary/aromatic N) is 2. The zero-order valence-corrected chi connectivity index (χ0v) is 7.37. The van der Waals surface area contributed by atoms with Crippen LogP contribution in [0.5, 0.6) is 0 Å². The summed E-state index contributed by atoms with van der Waals surface area (Å²) in [4.78, 5) is 0. The molecule has 1 aromatic carbocycles. The fourth-order valence-electron chi connectivity index (χ4n) is 1.06. The van der Waals surface area contributed by atoms with Crippen molar-refractivity contribution in [2.75, 3.05) is 0 Å². The van der Waals surface area contributed by atoms with E-state index in [0.717, 1.165) is 6.07 Å². The molecular weight excluding hydrogens is 181 g/mol. The van der Waals surface area contributed by atoms with Crippen molar-refractivity contribution in [2.45, 2.75) is 12.5 Å².